The third kappa shape index (κ3) is 3.81. The molecule has 0 bridgehead atoms. The van der Waals surface area contributed by atoms with Gasteiger partial charge in [-0.25, -0.2) is 0 Å². The van der Waals surface area contributed by atoms with E-state index in [0.29, 0.717) is 16.7 Å². The summed E-state index contributed by atoms with van der Waals surface area (Å²) in [5, 5.41) is 2.78. The minimum atomic E-state index is 0.0552. The second-order valence-electron chi connectivity index (χ2n) is 5.41. The maximum Gasteiger partial charge on any atom is 0.260 e. The number of carbonyl (C=O) groups is 1. The highest BCUT2D eigenvalue weighted by atomic mass is 35.5. The highest BCUT2D eigenvalue weighted by Gasteiger charge is 2.24. The summed E-state index contributed by atoms with van der Waals surface area (Å²) in [7, 11) is 0. The van der Waals surface area contributed by atoms with Gasteiger partial charge in [0.1, 0.15) is 5.75 Å². The van der Waals surface area contributed by atoms with Crippen LogP contribution in [0.5, 0.6) is 5.75 Å². The van der Waals surface area contributed by atoms with Gasteiger partial charge in [0, 0.05) is 23.0 Å². The van der Waals surface area contributed by atoms with Gasteiger partial charge in [-0.1, -0.05) is 17.7 Å². The number of halogens is 1. The zero-order valence-corrected chi connectivity index (χ0v) is 13.8. The van der Waals surface area contributed by atoms with Gasteiger partial charge >= 0.3 is 0 Å². The molecule has 0 spiro atoms. The Balaban J connectivity index is 1.46. The molecular weight excluding hydrogens is 318 g/mol. The van der Waals surface area contributed by atoms with Gasteiger partial charge in [0.15, 0.2) is 6.61 Å². The van der Waals surface area contributed by atoms with Crippen LogP contribution in [0.4, 0.5) is 0 Å². The van der Waals surface area contributed by atoms with Crippen molar-refractivity contribution in [3.63, 3.8) is 0 Å². The van der Waals surface area contributed by atoms with Crippen LogP contribution in [0, 0.1) is 0 Å². The Kier molecular flexibility index (Phi) is 5.01. The van der Waals surface area contributed by atoms with E-state index in [2.05, 4.69) is 17.5 Å². The Morgan fingerprint density at radius 3 is 2.59 bits per heavy atom. The van der Waals surface area contributed by atoms with Crippen LogP contribution in [0.3, 0.4) is 0 Å². The first-order valence-corrected chi connectivity index (χ1v) is 8.67. The molecule has 2 aromatic rings. The Hall–Kier alpha value is -1.52. The van der Waals surface area contributed by atoms with Gasteiger partial charge in [0.25, 0.3) is 5.91 Å². The van der Waals surface area contributed by atoms with Gasteiger partial charge in [-0.05, 0) is 54.5 Å². The highest BCUT2D eigenvalue weighted by Crippen LogP contribution is 2.31. The summed E-state index contributed by atoms with van der Waals surface area (Å²) < 4.78 is 5.53. The second kappa shape index (κ2) is 7.16. The van der Waals surface area contributed by atoms with Gasteiger partial charge in [-0.2, -0.15) is 0 Å². The molecule has 5 heteroatoms. The zero-order chi connectivity index (χ0) is 15.4. The molecule has 1 amide bonds. The van der Waals surface area contributed by atoms with E-state index in [1.54, 1.807) is 24.3 Å². The number of carbonyl (C=O) groups excluding carboxylic acids is 1. The van der Waals surface area contributed by atoms with Crippen molar-refractivity contribution in [3.8, 4) is 5.75 Å². The van der Waals surface area contributed by atoms with Crippen LogP contribution in [-0.2, 0) is 4.79 Å². The Bertz CT molecular complexity index is 604. The fourth-order valence-electron chi connectivity index (χ4n) is 2.70. The lowest BCUT2D eigenvalue weighted by molar-refractivity contribution is -0.134. The van der Waals surface area contributed by atoms with E-state index in [0.717, 1.165) is 25.9 Å². The van der Waals surface area contributed by atoms with Crippen molar-refractivity contribution < 1.29 is 9.53 Å². The van der Waals surface area contributed by atoms with E-state index in [4.69, 9.17) is 16.3 Å². The van der Waals surface area contributed by atoms with Crippen LogP contribution in [0.15, 0.2) is 41.8 Å². The van der Waals surface area contributed by atoms with Crippen LogP contribution in [0.25, 0.3) is 0 Å². The molecule has 22 heavy (non-hydrogen) atoms. The molecule has 0 N–H and O–H groups in total. The number of thiophene rings is 1. The van der Waals surface area contributed by atoms with Crippen LogP contribution in [-0.4, -0.2) is 30.5 Å². The van der Waals surface area contributed by atoms with Crippen molar-refractivity contribution in [1.29, 1.82) is 0 Å². The number of amides is 1. The van der Waals surface area contributed by atoms with Gasteiger partial charge in [0.2, 0.25) is 0 Å². The minimum absolute atomic E-state index is 0.0552. The molecule has 0 radical (unpaired) electrons. The Labute approximate surface area is 139 Å². The van der Waals surface area contributed by atoms with Crippen molar-refractivity contribution in [3.05, 3.63) is 51.7 Å². The molecule has 0 atom stereocenters. The van der Waals surface area contributed by atoms with Gasteiger partial charge in [-0.15, -0.1) is 11.3 Å². The average molecular weight is 336 g/mol. The molecule has 0 aliphatic carbocycles. The van der Waals surface area contributed by atoms with E-state index in [1.807, 2.05) is 16.2 Å². The molecule has 2 heterocycles. The Morgan fingerprint density at radius 1 is 1.23 bits per heavy atom. The minimum Gasteiger partial charge on any atom is -0.484 e. The lowest BCUT2D eigenvalue weighted by atomic mass is 9.95. The van der Waals surface area contributed by atoms with Crippen molar-refractivity contribution in [2.24, 2.45) is 0 Å². The first-order valence-electron chi connectivity index (χ1n) is 7.42. The predicted molar refractivity (Wildman–Crippen MR) is 89.8 cm³/mol. The maximum absolute atomic E-state index is 12.2. The highest BCUT2D eigenvalue weighted by molar-refractivity contribution is 7.10. The number of hydrogen-bond acceptors (Lipinski definition) is 3. The van der Waals surface area contributed by atoms with Crippen LogP contribution >= 0.6 is 22.9 Å². The first-order chi connectivity index (χ1) is 10.7. The summed E-state index contributed by atoms with van der Waals surface area (Å²) in [4.78, 5) is 15.5. The molecule has 1 aliphatic heterocycles. The van der Waals surface area contributed by atoms with Crippen molar-refractivity contribution in [1.82, 2.24) is 4.90 Å². The summed E-state index contributed by atoms with van der Waals surface area (Å²) in [5.41, 5.74) is 0. The summed E-state index contributed by atoms with van der Waals surface area (Å²) in [6, 6.07) is 11.4. The molecule has 3 rings (SSSR count). The molecule has 116 valence electrons. The van der Waals surface area contributed by atoms with Gasteiger partial charge in [-0.3, -0.25) is 4.79 Å². The Morgan fingerprint density at radius 2 is 1.95 bits per heavy atom. The summed E-state index contributed by atoms with van der Waals surface area (Å²) in [6.45, 7) is 1.71. The number of piperidine rings is 1. The number of rotatable bonds is 4. The SMILES string of the molecule is O=C(COc1ccc(Cl)cc1)N1CCC(c2cccs2)CC1. The van der Waals surface area contributed by atoms with Crippen molar-refractivity contribution >= 4 is 28.8 Å². The first kappa shape index (κ1) is 15.4. The summed E-state index contributed by atoms with van der Waals surface area (Å²) in [6.07, 6.45) is 2.07. The van der Waals surface area contributed by atoms with E-state index < -0.39 is 0 Å². The number of nitrogens with zero attached hydrogens (tertiary/aromatic N) is 1. The van der Waals surface area contributed by atoms with E-state index in [-0.39, 0.29) is 12.5 Å². The van der Waals surface area contributed by atoms with Crippen molar-refractivity contribution in [2.75, 3.05) is 19.7 Å². The third-order valence-electron chi connectivity index (χ3n) is 3.97. The molecule has 1 aromatic heterocycles. The van der Waals surface area contributed by atoms with Gasteiger partial charge < -0.3 is 9.64 Å². The van der Waals surface area contributed by atoms with E-state index in [1.165, 1.54) is 4.88 Å². The molecule has 0 unspecified atom stereocenters. The number of benzene rings is 1. The maximum atomic E-state index is 12.2. The molecular formula is C17H18ClNO2S. The topological polar surface area (TPSA) is 29.5 Å². The lowest BCUT2D eigenvalue weighted by Gasteiger charge is -2.31. The molecule has 3 nitrogen and oxygen atoms in total. The fourth-order valence-corrected chi connectivity index (χ4v) is 3.73. The normalized spacial score (nSPS) is 15.8. The average Bonchev–Trinajstić information content (AvgIpc) is 3.09. The van der Waals surface area contributed by atoms with Gasteiger partial charge in [0.05, 0.1) is 0 Å². The third-order valence-corrected chi connectivity index (χ3v) is 5.26. The summed E-state index contributed by atoms with van der Waals surface area (Å²) >= 11 is 7.63. The molecule has 1 saturated heterocycles. The molecule has 1 fully saturated rings. The second-order valence-corrected chi connectivity index (χ2v) is 6.83. The fraction of sp³-hybridized carbons (Fsp3) is 0.353. The van der Waals surface area contributed by atoms with E-state index >= 15 is 0 Å². The van der Waals surface area contributed by atoms with E-state index in [9.17, 15) is 4.79 Å². The smallest absolute Gasteiger partial charge is 0.260 e. The van der Waals surface area contributed by atoms with Crippen LogP contribution in [0.2, 0.25) is 5.02 Å². The van der Waals surface area contributed by atoms with Crippen molar-refractivity contribution in [2.45, 2.75) is 18.8 Å². The number of likely N-dealkylation sites (tertiary alicyclic amines) is 1. The quantitative estimate of drug-likeness (QED) is 0.838. The van der Waals surface area contributed by atoms with Crippen LogP contribution in [0.1, 0.15) is 23.6 Å². The lowest BCUT2D eigenvalue weighted by Crippen LogP contribution is -2.40. The summed E-state index contributed by atoms with van der Waals surface area (Å²) in [5.74, 6) is 1.33. The van der Waals surface area contributed by atoms with Crippen LogP contribution < -0.4 is 4.74 Å². The molecule has 1 aliphatic rings. The number of ether oxygens (including phenoxy) is 1. The largest absolute Gasteiger partial charge is 0.484 e. The molecule has 1 aromatic carbocycles. The monoisotopic (exact) mass is 335 g/mol. The standard InChI is InChI=1S/C17H18ClNO2S/c18-14-3-5-15(6-4-14)21-12-17(20)19-9-7-13(8-10-19)16-2-1-11-22-16/h1-6,11,13H,7-10,12H2. The molecule has 0 saturated carbocycles. The predicted octanol–water partition coefficient (Wildman–Crippen LogP) is 4.19. The number of hydrogen-bond donors (Lipinski definition) is 0. The zero-order valence-electron chi connectivity index (χ0n) is 12.2.